The number of pyridine rings is 1. The molecular formula is C18H18FN5O2. The molecule has 3 aromatic rings. The number of nitrogens with zero attached hydrogens (tertiary/aromatic N) is 3. The molecule has 0 aliphatic carbocycles. The van der Waals surface area contributed by atoms with Crippen LogP contribution in [0.5, 0.6) is 5.75 Å². The van der Waals surface area contributed by atoms with Gasteiger partial charge in [-0.2, -0.15) is 0 Å². The molecule has 0 saturated carbocycles. The van der Waals surface area contributed by atoms with Crippen molar-refractivity contribution in [2.24, 2.45) is 0 Å². The Labute approximate surface area is 149 Å². The Balaban J connectivity index is 1.99. The van der Waals surface area contributed by atoms with Gasteiger partial charge in [0.1, 0.15) is 22.9 Å². The number of carbonyl (C=O) groups excluding carboxylic acids is 1. The van der Waals surface area contributed by atoms with Crippen LogP contribution < -0.4 is 15.4 Å². The average molecular weight is 355 g/mol. The van der Waals surface area contributed by atoms with Crippen molar-refractivity contribution in [2.75, 3.05) is 18.5 Å². The van der Waals surface area contributed by atoms with E-state index >= 15 is 0 Å². The molecule has 1 aromatic carbocycles. The molecule has 3 rings (SSSR count). The maximum Gasteiger partial charge on any atom is 0.320 e. The maximum atomic E-state index is 13.5. The topological polar surface area (TPSA) is 89.0 Å². The number of rotatable bonds is 5. The summed E-state index contributed by atoms with van der Waals surface area (Å²) in [6, 6.07) is 7.26. The fourth-order valence-corrected chi connectivity index (χ4v) is 2.40. The number of hydrogen-bond acceptors (Lipinski definition) is 5. The lowest BCUT2D eigenvalue weighted by Crippen LogP contribution is -2.28. The molecular weight excluding hydrogens is 337 g/mol. The lowest BCUT2D eigenvalue weighted by molar-refractivity contribution is 0.252. The highest BCUT2D eigenvalue weighted by Gasteiger charge is 2.12. The third kappa shape index (κ3) is 3.85. The second-order valence-corrected chi connectivity index (χ2v) is 5.35. The minimum Gasteiger partial charge on any atom is -0.493 e. The smallest absolute Gasteiger partial charge is 0.320 e. The summed E-state index contributed by atoms with van der Waals surface area (Å²) in [5.74, 6) is 0.356. The summed E-state index contributed by atoms with van der Waals surface area (Å²) in [6.45, 7) is 4.55. The number of nitrogens with one attached hydrogen (secondary N) is 2. The molecule has 0 radical (unpaired) electrons. The highest BCUT2D eigenvalue weighted by atomic mass is 19.1. The Morgan fingerprint density at radius 3 is 2.81 bits per heavy atom. The van der Waals surface area contributed by atoms with Crippen LogP contribution in [0.3, 0.4) is 0 Å². The number of halogens is 1. The highest BCUT2D eigenvalue weighted by Crippen LogP contribution is 2.30. The van der Waals surface area contributed by atoms with E-state index in [9.17, 15) is 9.18 Å². The third-order valence-corrected chi connectivity index (χ3v) is 3.51. The fourth-order valence-electron chi connectivity index (χ4n) is 2.40. The molecule has 26 heavy (non-hydrogen) atoms. The summed E-state index contributed by atoms with van der Waals surface area (Å²) in [4.78, 5) is 24.8. The van der Waals surface area contributed by atoms with Crippen molar-refractivity contribution >= 4 is 23.0 Å². The first-order valence-corrected chi connectivity index (χ1v) is 8.22. The van der Waals surface area contributed by atoms with Gasteiger partial charge in [-0.3, -0.25) is 10.3 Å². The predicted octanol–water partition coefficient (Wildman–Crippen LogP) is 3.37. The van der Waals surface area contributed by atoms with Crippen LogP contribution in [0.25, 0.3) is 22.4 Å². The number of benzene rings is 1. The van der Waals surface area contributed by atoms with E-state index in [0.717, 1.165) is 0 Å². The number of aromatic nitrogens is 3. The van der Waals surface area contributed by atoms with E-state index in [0.29, 0.717) is 47.1 Å². The SMILES string of the molecule is CCNC(=O)Nc1ccc2ncc(-c3ccc(F)cc3OCC)nc2n1. The summed E-state index contributed by atoms with van der Waals surface area (Å²) in [7, 11) is 0. The number of anilines is 1. The molecule has 7 nitrogen and oxygen atoms in total. The maximum absolute atomic E-state index is 13.5. The van der Waals surface area contributed by atoms with Crippen LogP contribution >= 0.6 is 0 Å². The van der Waals surface area contributed by atoms with E-state index in [1.54, 1.807) is 24.4 Å². The fraction of sp³-hybridized carbons (Fsp3) is 0.222. The summed E-state index contributed by atoms with van der Waals surface area (Å²) in [5, 5.41) is 5.26. The van der Waals surface area contributed by atoms with Crippen LogP contribution in [0.1, 0.15) is 13.8 Å². The van der Waals surface area contributed by atoms with Gasteiger partial charge in [0.2, 0.25) is 0 Å². The monoisotopic (exact) mass is 355 g/mol. The Morgan fingerprint density at radius 1 is 1.19 bits per heavy atom. The first-order valence-electron chi connectivity index (χ1n) is 8.22. The minimum atomic E-state index is -0.391. The van der Waals surface area contributed by atoms with E-state index in [1.807, 2.05) is 13.8 Å². The van der Waals surface area contributed by atoms with Crippen LogP contribution in [0.2, 0.25) is 0 Å². The Hall–Kier alpha value is -3.29. The summed E-state index contributed by atoms with van der Waals surface area (Å²) < 4.78 is 19.0. The van der Waals surface area contributed by atoms with Crippen molar-refractivity contribution < 1.29 is 13.9 Å². The van der Waals surface area contributed by atoms with Crippen LogP contribution in [-0.4, -0.2) is 34.1 Å². The van der Waals surface area contributed by atoms with Gasteiger partial charge in [0.05, 0.1) is 18.5 Å². The van der Waals surface area contributed by atoms with Gasteiger partial charge in [0.25, 0.3) is 0 Å². The van der Waals surface area contributed by atoms with E-state index < -0.39 is 5.82 Å². The first kappa shape index (κ1) is 17.5. The number of fused-ring (bicyclic) bond motifs is 1. The van der Waals surface area contributed by atoms with Crippen molar-refractivity contribution in [1.82, 2.24) is 20.3 Å². The lowest BCUT2D eigenvalue weighted by Gasteiger charge is -2.10. The number of carbonyl (C=O) groups is 1. The largest absolute Gasteiger partial charge is 0.493 e. The van der Waals surface area contributed by atoms with Gasteiger partial charge < -0.3 is 10.1 Å². The van der Waals surface area contributed by atoms with Gasteiger partial charge in [-0.05, 0) is 38.1 Å². The van der Waals surface area contributed by atoms with Crippen molar-refractivity contribution in [3.63, 3.8) is 0 Å². The van der Waals surface area contributed by atoms with Crippen molar-refractivity contribution in [1.29, 1.82) is 0 Å². The highest BCUT2D eigenvalue weighted by molar-refractivity contribution is 5.89. The lowest BCUT2D eigenvalue weighted by atomic mass is 10.1. The van der Waals surface area contributed by atoms with E-state index in [1.165, 1.54) is 12.1 Å². The quantitative estimate of drug-likeness (QED) is 0.732. The molecule has 2 heterocycles. The molecule has 0 saturated heterocycles. The second kappa shape index (κ2) is 7.73. The predicted molar refractivity (Wildman–Crippen MR) is 96.6 cm³/mol. The van der Waals surface area contributed by atoms with Crippen molar-refractivity contribution in [3.05, 3.63) is 42.3 Å². The van der Waals surface area contributed by atoms with Crippen molar-refractivity contribution in [3.8, 4) is 17.0 Å². The van der Waals surface area contributed by atoms with E-state index in [2.05, 4.69) is 25.6 Å². The first-order chi connectivity index (χ1) is 12.6. The molecule has 0 bridgehead atoms. The molecule has 0 unspecified atom stereocenters. The van der Waals surface area contributed by atoms with E-state index in [-0.39, 0.29) is 6.03 Å². The zero-order chi connectivity index (χ0) is 18.5. The van der Waals surface area contributed by atoms with Gasteiger partial charge in [0.15, 0.2) is 5.65 Å². The summed E-state index contributed by atoms with van der Waals surface area (Å²) in [6.07, 6.45) is 1.58. The van der Waals surface area contributed by atoms with Gasteiger partial charge in [0, 0.05) is 18.2 Å². The van der Waals surface area contributed by atoms with E-state index in [4.69, 9.17) is 4.74 Å². The number of ether oxygens (including phenoxy) is 1. The number of amides is 2. The molecule has 0 aliphatic heterocycles. The van der Waals surface area contributed by atoms with Gasteiger partial charge >= 0.3 is 6.03 Å². The third-order valence-electron chi connectivity index (χ3n) is 3.51. The molecule has 2 aromatic heterocycles. The van der Waals surface area contributed by atoms with Crippen LogP contribution in [0, 0.1) is 5.82 Å². The molecule has 0 atom stereocenters. The van der Waals surface area contributed by atoms with Crippen LogP contribution in [0.15, 0.2) is 36.5 Å². The molecule has 2 amide bonds. The Bertz CT molecular complexity index is 948. The zero-order valence-corrected chi connectivity index (χ0v) is 14.4. The van der Waals surface area contributed by atoms with Gasteiger partial charge in [-0.1, -0.05) is 0 Å². The zero-order valence-electron chi connectivity index (χ0n) is 14.4. The summed E-state index contributed by atoms with van der Waals surface area (Å²) in [5.41, 5.74) is 2.06. The van der Waals surface area contributed by atoms with Gasteiger partial charge in [-0.15, -0.1) is 0 Å². The Morgan fingerprint density at radius 2 is 2.04 bits per heavy atom. The minimum absolute atomic E-state index is 0.347. The molecule has 0 fully saturated rings. The molecule has 134 valence electrons. The molecule has 0 spiro atoms. The van der Waals surface area contributed by atoms with Crippen molar-refractivity contribution in [2.45, 2.75) is 13.8 Å². The summed E-state index contributed by atoms with van der Waals surface area (Å²) >= 11 is 0. The number of hydrogen-bond donors (Lipinski definition) is 2. The number of urea groups is 1. The normalized spacial score (nSPS) is 10.6. The molecule has 0 aliphatic rings. The van der Waals surface area contributed by atoms with Crippen LogP contribution in [0.4, 0.5) is 15.0 Å². The van der Waals surface area contributed by atoms with Crippen LogP contribution in [-0.2, 0) is 0 Å². The molecule has 2 N–H and O–H groups in total. The standard InChI is InChI=1S/C18H18FN5O2/c1-3-20-18(25)24-16-8-7-13-17(23-16)22-14(10-21-13)12-6-5-11(19)9-15(12)26-4-2/h5-10H,3-4H2,1-2H3,(H2,20,22,23,24,25). The molecule has 8 heteroatoms. The average Bonchev–Trinajstić information content (AvgIpc) is 2.62. The Kier molecular flexibility index (Phi) is 5.21. The van der Waals surface area contributed by atoms with Gasteiger partial charge in [-0.25, -0.2) is 19.2 Å². The second-order valence-electron chi connectivity index (χ2n) is 5.35.